The van der Waals surface area contributed by atoms with E-state index >= 15 is 0 Å². The normalized spacial score (nSPS) is 15.2. The van der Waals surface area contributed by atoms with Crippen LogP contribution < -0.4 is 29.9 Å². The van der Waals surface area contributed by atoms with Gasteiger partial charge in [-0.1, -0.05) is 18.2 Å². The van der Waals surface area contributed by atoms with E-state index in [4.69, 9.17) is 9.47 Å². The summed E-state index contributed by atoms with van der Waals surface area (Å²) in [4.78, 5) is 30.6. The summed E-state index contributed by atoms with van der Waals surface area (Å²) in [7, 11) is 3.26. The summed E-state index contributed by atoms with van der Waals surface area (Å²) in [5.74, 6) is 1.10. The number of carbonyl (C=O) groups is 2. The summed E-state index contributed by atoms with van der Waals surface area (Å²) in [6.45, 7) is 3.13. The van der Waals surface area contributed by atoms with E-state index in [1.807, 2.05) is 30.3 Å². The zero-order chi connectivity index (χ0) is 25.8. The van der Waals surface area contributed by atoms with Gasteiger partial charge in [0, 0.05) is 49.2 Å². The number of hydrogen-bond donors (Lipinski definition) is 2. The second-order valence-electron chi connectivity index (χ2n) is 9.31. The summed E-state index contributed by atoms with van der Waals surface area (Å²) in [6.07, 6.45) is 2.01. The van der Waals surface area contributed by atoms with Gasteiger partial charge in [-0.05, 0) is 61.4 Å². The number of nitrogens with zero attached hydrogens (tertiary/aromatic N) is 2. The Hall–Kier alpha value is -4.20. The monoisotopic (exact) mass is 500 g/mol. The first-order chi connectivity index (χ1) is 18.1. The molecule has 1 aliphatic heterocycles. The molecule has 3 aromatic rings. The molecule has 8 nitrogen and oxygen atoms in total. The predicted octanol–water partition coefficient (Wildman–Crippen LogP) is 4.17. The predicted molar refractivity (Wildman–Crippen MR) is 145 cm³/mol. The molecule has 1 saturated carbocycles. The van der Waals surface area contributed by atoms with Crippen LogP contribution in [0.15, 0.2) is 66.7 Å². The molecule has 0 spiro atoms. The summed E-state index contributed by atoms with van der Waals surface area (Å²) >= 11 is 0. The lowest BCUT2D eigenvalue weighted by molar-refractivity contribution is 0.0950. The highest BCUT2D eigenvalue weighted by atomic mass is 16.5. The van der Waals surface area contributed by atoms with Crippen LogP contribution in [0.3, 0.4) is 0 Å². The van der Waals surface area contributed by atoms with Crippen LogP contribution in [0.2, 0.25) is 0 Å². The fourth-order valence-corrected chi connectivity index (χ4v) is 4.61. The molecule has 1 aliphatic carbocycles. The van der Waals surface area contributed by atoms with Crippen LogP contribution in [0.25, 0.3) is 0 Å². The third-order valence-electron chi connectivity index (χ3n) is 6.79. The Balaban J connectivity index is 1.35. The van der Waals surface area contributed by atoms with E-state index in [1.54, 1.807) is 44.6 Å². The topological polar surface area (TPSA) is 83.1 Å². The molecule has 0 bridgehead atoms. The first-order valence-corrected chi connectivity index (χ1v) is 12.6. The molecule has 0 radical (unpaired) electrons. The van der Waals surface area contributed by atoms with Crippen molar-refractivity contribution in [1.29, 1.82) is 0 Å². The molecular weight excluding hydrogens is 468 g/mol. The molecule has 0 atom stereocenters. The Morgan fingerprint density at radius 3 is 2.22 bits per heavy atom. The van der Waals surface area contributed by atoms with Crippen molar-refractivity contribution < 1.29 is 19.1 Å². The zero-order valence-corrected chi connectivity index (χ0v) is 21.2. The zero-order valence-electron chi connectivity index (χ0n) is 21.2. The van der Waals surface area contributed by atoms with Crippen molar-refractivity contribution in [1.82, 2.24) is 5.32 Å². The van der Waals surface area contributed by atoms with E-state index in [0.29, 0.717) is 22.6 Å². The van der Waals surface area contributed by atoms with Gasteiger partial charge in [-0.3, -0.25) is 9.59 Å². The summed E-state index contributed by atoms with van der Waals surface area (Å²) in [6, 6.07) is 20.8. The number of carbonyl (C=O) groups excluding carboxylic acids is 2. The maximum Gasteiger partial charge on any atom is 0.255 e. The molecule has 0 aromatic heterocycles. The quantitative estimate of drug-likeness (QED) is 0.483. The van der Waals surface area contributed by atoms with Crippen LogP contribution in [0.4, 0.5) is 17.1 Å². The number of hydrogen-bond acceptors (Lipinski definition) is 6. The Morgan fingerprint density at radius 2 is 1.51 bits per heavy atom. The van der Waals surface area contributed by atoms with Crippen molar-refractivity contribution in [3.05, 3.63) is 77.9 Å². The Bertz CT molecular complexity index is 1280. The molecule has 2 N–H and O–H groups in total. The Kier molecular flexibility index (Phi) is 7.16. The van der Waals surface area contributed by atoms with Crippen LogP contribution in [0.5, 0.6) is 11.5 Å². The van der Waals surface area contributed by atoms with Gasteiger partial charge in [-0.25, -0.2) is 0 Å². The van der Waals surface area contributed by atoms with Gasteiger partial charge < -0.3 is 29.9 Å². The van der Waals surface area contributed by atoms with Crippen LogP contribution in [0.1, 0.15) is 33.6 Å². The number of anilines is 3. The van der Waals surface area contributed by atoms with Crippen LogP contribution >= 0.6 is 0 Å². The van der Waals surface area contributed by atoms with Crippen molar-refractivity contribution >= 4 is 28.9 Å². The molecule has 1 heterocycles. The second-order valence-corrected chi connectivity index (χ2v) is 9.31. The number of benzene rings is 3. The van der Waals surface area contributed by atoms with Gasteiger partial charge in [0.15, 0.2) is 0 Å². The first kappa shape index (κ1) is 24.5. The third kappa shape index (κ3) is 5.63. The minimum absolute atomic E-state index is 0.109. The molecule has 2 aliphatic rings. The number of ether oxygens (including phenoxy) is 2. The second kappa shape index (κ2) is 10.8. The van der Waals surface area contributed by atoms with Gasteiger partial charge in [-0.2, -0.15) is 0 Å². The highest BCUT2D eigenvalue weighted by molar-refractivity contribution is 6.06. The first-order valence-electron chi connectivity index (χ1n) is 12.6. The van der Waals surface area contributed by atoms with Crippen LogP contribution in [0, 0.1) is 0 Å². The van der Waals surface area contributed by atoms with E-state index in [0.717, 1.165) is 56.1 Å². The number of nitrogens with one attached hydrogen (secondary N) is 2. The molecule has 192 valence electrons. The van der Waals surface area contributed by atoms with Crippen molar-refractivity contribution in [3.8, 4) is 11.5 Å². The minimum Gasteiger partial charge on any atom is -0.497 e. The van der Waals surface area contributed by atoms with E-state index < -0.39 is 0 Å². The van der Waals surface area contributed by atoms with Crippen molar-refractivity contribution in [2.24, 2.45) is 0 Å². The molecule has 8 heteroatoms. The van der Waals surface area contributed by atoms with E-state index in [2.05, 4.69) is 26.5 Å². The maximum absolute atomic E-state index is 13.2. The molecule has 5 rings (SSSR count). The van der Waals surface area contributed by atoms with Gasteiger partial charge in [-0.15, -0.1) is 0 Å². The lowest BCUT2D eigenvalue weighted by Crippen LogP contribution is -2.47. The lowest BCUT2D eigenvalue weighted by atomic mass is 10.1. The number of methoxy groups -OCH3 is 2. The smallest absolute Gasteiger partial charge is 0.255 e. The van der Waals surface area contributed by atoms with Gasteiger partial charge >= 0.3 is 0 Å². The van der Waals surface area contributed by atoms with E-state index in [-0.39, 0.29) is 17.9 Å². The minimum atomic E-state index is -0.259. The average Bonchev–Trinajstić information content (AvgIpc) is 3.77. The van der Waals surface area contributed by atoms with E-state index in [9.17, 15) is 9.59 Å². The standard InChI is InChI=1S/C29H32N4O4/c1-36-23-7-5-6-20(18-23)28(34)31-22-12-13-25(24(19-22)29(35)30-21-10-11-21)32-14-16-33(17-15-32)26-8-3-4-9-27(26)37-2/h3-9,12-13,18-19,21H,10-11,14-17H2,1-2H3,(H,30,35)(H,31,34). The molecule has 0 unspecified atom stereocenters. The molecule has 3 aromatic carbocycles. The fraction of sp³-hybridized carbons (Fsp3) is 0.310. The average molecular weight is 501 g/mol. The Morgan fingerprint density at radius 1 is 0.784 bits per heavy atom. The highest BCUT2D eigenvalue weighted by Crippen LogP contribution is 2.31. The summed E-state index contributed by atoms with van der Waals surface area (Å²) in [5, 5.41) is 6.03. The molecule has 1 saturated heterocycles. The van der Waals surface area contributed by atoms with Gasteiger partial charge in [0.1, 0.15) is 11.5 Å². The van der Waals surface area contributed by atoms with Gasteiger partial charge in [0.05, 0.1) is 25.5 Å². The summed E-state index contributed by atoms with van der Waals surface area (Å²) in [5.41, 5.74) is 3.58. The number of amides is 2. The molecule has 37 heavy (non-hydrogen) atoms. The Labute approximate surface area is 217 Å². The number of piperazine rings is 1. The largest absolute Gasteiger partial charge is 0.497 e. The SMILES string of the molecule is COc1cccc(C(=O)Nc2ccc(N3CCN(c4ccccc4OC)CC3)c(C(=O)NC3CC3)c2)c1. The molecular formula is C29H32N4O4. The summed E-state index contributed by atoms with van der Waals surface area (Å²) < 4.78 is 10.8. The van der Waals surface area contributed by atoms with Crippen molar-refractivity contribution in [2.45, 2.75) is 18.9 Å². The fourth-order valence-electron chi connectivity index (χ4n) is 4.61. The molecule has 2 fully saturated rings. The lowest BCUT2D eigenvalue weighted by Gasteiger charge is -2.38. The van der Waals surface area contributed by atoms with Gasteiger partial charge in [0.25, 0.3) is 11.8 Å². The molecule has 2 amide bonds. The highest BCUT2D eigenvalue weighted by Gasteiger charge is 2.28. The van der Waals surface area contributed by atoms with Gasteiger partial charge in [0.2, 0.25) is 0 Å². The van der Waals surface area contributed by atoms with Crippen LogP contribution in [-0.4, -0.2) is 58.3 Å². The van der Waals surface area contributed by atoms with Crippen molar-refractivity contribution in [2.75, 3.05) is 55.5 Å². The maximum atomic E-state index is 13.2. The number of rotatable bonds is 8. The van der Waals surface area contributed by atoms with Crippen LogP contribution in [-0.2, 0) is 0 Å². The van der Waals surface area contributed by atoms with E-state index in [1.165, 1.54) is 0 Å². The van der Waals surface area contributed by atoms with Crippen molar-refractivity contribution in [3.63, 3.8) is 0 Å². The third-order valence-corrected chi connectivity index (χ3v) is 6.79. The number of para-hydroxylation sites is 2.